The second-order valence-corrected chi connectivity index (χ2v) is 5.64. The Labute approximate surface area is 146 Å². The summed E-state index contributed by atoms with van der Waals surface area (Å²) < 4.78 is 29.7. The number of amides is 1. The normalized spacial score (nSPS) is 11.9. The van der Waals surface area contributed by atoms with Crippen molar-refractivity contribution in [2.75, 3.05) is 18.5 Å². The Morgan fingerprint density at radius 3 is 2.40 bits per heavy atom. The molecule has 2 aromatic carbocycles. The van der Waals surface area contributed by atoms with Crippen LogP contribution in [0.2, 0.25) is 0 Å². The van der Waals surface area contributed by atoms with Crippen molar-refractivity contribution < 1.29 is 18.3 Å². The van der Waals surface area contributed by atoms with E-state index in [1.54, 1.807) is 18.2 Å². The van der Waals surface area contributed by atoms with Crippen LogP contribution in [0.3, 0.4) is 0 Å². The minimum absolute atomic E-state index is 0.0843. The zero-order valence-corrected chi connectivity index (χ0v) is 14.3. The number of hydrogen-bond donors (Lipinski definition) is 1. The highest BCUT2D eigenvalue weighted by Crippen LogP contribution is 2.28. The maximum absolute atomic E-state index is 12.6. The van der Waals surface area contributed by atoms with E-state index in [9.17, 15) is 13.6 Å². The highest BCUT2D eigenvalue weighted by atomic mass is 19.3. The van der Waals surface area contributed by atoms with Crippen molar-refractivity contribution in [3.63, 3.8) is 0 Å². The van der Waals surface area contributed by atoms with Crippen LogP contribution in [0.5, 0.6) is 5.75 Å². The van der Waals surface area contributed by atoms with Crippen molar-refractivity contribution in [1.82, 2.24) is 5.32 Å². The summed E-state index contributed by atoms with van der Waals surface area (Å²) in [4.78, 5) is 14.2. The van der Waals surface area contributed by atoms with E-state index in [1.807, 2.05) is 49.2 Å². The molecule has 25 heavy (non-hydrogen) atoms. The maximum atomic E-state index is 12.6. The average Bonchev–Trinajstić information content (AvgIpc) is 2.60. The summed E-state index contributed by atoms with van der Waals surface area (Å²) in [6, 6.07) is 15.7. The number of para-hydroxylation sites is 2. The average molecular weight is 348 g/mol. The molecule has 0 aliphatic heterocycles. The molecule has 1 atom stereocenters. The summed E-state index contributed by atoms with van der Waals surface area (Å²) in [5, 5.41) is 2.89. The number of hydrogen-bond acceptors (Lipinski definition) is 3. The van der Waals surface area contributed by atoms with Gasteiger partial charge >= 0.3 is 6.61 Å². The Hall–Kier alpha value is -2.63. The van der Waals surface area contributed by atoms with E-state index < -0.39 is 12.7 Å². The lowest BCUT2D eigenvalue weighted by Gasteiger charge is -2.23. The first-order valence-electron chi connectivity index (χ1n) is 8.10. The molecule has 6 heteroatoms. The molecule has 0 saturated carbocycles. The number of rotatable bonds is 8. The SMILES string of the molecule is CCC(NC(=O)CN(C)c1ccccc1)c1ccccc1OC(F)F. The van der Waals surface area contributed by atoms with Crippen molar-refractivity contribution in [3.05, 3.63) is 60.2 Å². The van der Waals surface area contributed by atoms with Gasteiger partial charge in [0.15, 0.2) is 0 Å². The van der Waals surface area contributed by atoms with Crippen molar-refractivity contribution in [3.8, 4) is 5.75 Å². The summed E-state index contributed by atoms with van der Waals surface area (Å²) in [5.74, 6) is -0.105. The van der Waals surface area contributed by atoms with Crippen molar-refractivity contribution in [2.45, 2.75) is 26.0 Å². The Morgan fingerprint density at radius 2 is 1.76 bits per heavy atom. The summed E-state index contributed by atoms with van der Waals surface area (Å²) in [6.07, 6.45) is 0.560. The summed E-state index contributed by atoms with van der Waals surface area (Å²) >= 11 is 0. The fraction of sp³-hybridized carbons (Fsp3) is 0.316. The summed E-state index contributed by atoms with van der Waals surface area (Å²) in [6.45, 7) is -0.859. The Balaban J connectivity index is 2.05. The monoisotopic (exact) mass is 348 g/mol. The molecule has 0 fully saturated rings. The number of likely N-dealkylation sites (N-methyl/N-ethyl adjacent to an activating group) is 1. The fourth-order valence-corrected chi connectivity index (χ4v) is 2.60. The van der Waals surface area contributed by atoms with Crippen LogP contribution in [-0.4, -0.2) is 26.1 Å². The molecule has 0 saturated heterocycles. The van der Waals surface area contributed by atoms with E-state index in [1.165, 1.54) is 6.07 Å². The highest BCUT2D eigenvalue weighted by molar-refractivity contribution is 5.81. The first kappa shape index (κ1) is 18.7. The van der Waals surface area contributed by atoms with Crippen molar-refractivity contribution in [1.29, 1.82) is 0 Å². The van der Waals surface area contributed by atoms with Gasteiger partial charge in [-0.2, -0.15) is 8.78 Å². The predicted molar refractivity (Wildman–Crippen MR) is 94.0 cm³/mol. The second kappa shape index (κ2) is 9.01. The van der Waals surface area contributed by atoms with Gasteiger partial charge < -0.3 is 15.0 Å². The van der Waals surface area contributed by atoms with Crippen LogP contribution in [0.25, 0.3) is 0 Å². The Bertz CT molecular complexity index is 680. The molecule has 1 unspecified atom stereocenters. The molecule has 0 aliphatic carbocycles. The molecule has 0 heterocycles. The molecule has 4 nitrogen and oxygen atoms in total. The summed E-state index contributed by atoms with van der Waals surface area (Å²) in [7, 11) is 1.82. The third kappa shape index (κ3) is 5.45. The number of carbonyl (C=O) groups is 1. The minimum Gasteiger partial charge on any atom is -0.434 e. The van der Waals surface area contributed by atoms with Gasteiger partial charge in [0.25, 0.3) is 0 Å². The lowest BCUT2D eigenvalue weighted by molar-refractivity contribution is -0.120. The molecule has 1 N–H and O–H groups in total. The van der Waals surface area contributed by atoms with Gasteiger partial charge in [0.2, 0.25) is 5.91 Å². The van der Waals surface area contributed by atoms with Crippen LogP contribution in [0.1, 0.15) is 24.9 Å². The quantitative estimate of drug-likeness (QED) is 0.784. The van der Waals surface area contributed by atoms with Crippen molar-refractivity contribution in [2.24, 2.45) is 0 Å². The first-order valence-corrected chi connectivity index (χ1v) is 8.10. The van der Waals surface area contributed by atoms with Gasteiger partial charge in [0.1, 0.15) is 5.75 Å². The fourth-order valence-electron chi connectivity index (χ4n) is 2.60. The molecule has 2 rings (SSSR count). The Kier molecular flexibility index (Phi) is 6.74. The number of nitrogens with one attached hydrogen (secondary N) is 1. The van der Waals surface area contributed by atoms with Gasteiger partial charge in [0.05, 0.1) is 12.6 Å². The number of alkyl halides is 2. The standard InChI is InChI=1S/C19H22F2N2O2/c1-3-16(15-11-7-8-12-17(15)25-19(20)21)22-18(24)13-23(2)14-9-5-4-6-10-14/h4-12,16,19H,3,13H2,1-2H3,(H,22,24). The third-order valence-corrected chi connectivity index (χ3v) is 3.83. The lowest BCUT2D eigenvalue weighted by Crippen LogP contribution is -2.37. The van der Waals surface area contributed by atoms with E-state index in [0.717, 1.165) is 5.69 Å². The zero-order valence-electron chi connectivity index (χ0n) is 14.3. The maximum Gasteiger partial charge on any atom is 0.387 e. The molecule has 0 radical (unpaired) electrons. The molecule has 0 spiro atoms. The van der Waals surface area contributed by atoms with Gasteiger partial charge in [-0.3, -0.25) is 4.79 Å². The first-order chi connectivity index (χ1) is 12.0. The van der Waals surface area contributed by atoms with Crippen LogP contribution >= 0.6 is 0 Å². The van der Waals surface area contributed by atoms with E-state index in [0.29, 0.717) is 12.0 Å². The van der Waals surface area contributed by atoms with Gasteiger partial charge in [-0.15, -0.1) is 0 Å². The number of ether oxygens (including phenoxy) is 1. The molecule has 134 valence electrons. The highest BCUT2D eigenvalue weighted by Gasteiger charge is 2.19. The second-order valence-electron chi connectivity index (χ2n) is 5.64. The van der Waals surface area contributed by atoms with Crippen LogP contribution in [0, 0.1) is 0 Å². The molecule has 0 aromatic heterocycles. The molecular weight excluding hydrogens is 326 g/mol. The van der Waals surface area contributed by atoms with Gasteiger partial charge in [-0.05, 0) is 24.6 Å². The molecular formula is C19H22F2N2O2. The molecule has 2 aromatic rings. The topological polar surface area (TPSA) is 41.6 Å². The van der Waals surface area contributed by atoms with Gasteiger partial charge in [-0.25, -0.2) is 0 Å². The van der Waals surface area contributed by atoms with Crippen LogP contribution in [0.15, 0.2) is 54.6 Å². The van der Waals surface area contributed by atoms with Gasteiger partial charge in [0, 0.05) is 18.3 Å². The Morgan fingerprint density at radius 1 is 1.12 bits per heavy atom. The predicted octanol–water partition coefficient (Wildman–Crippen LogP) is 3.99. The van der Waals surface area contributed by atoms with Crippen LogP contribution in [0.4, 0.5) is 14.5 Å². The lowest BCUT2D eigenvalue weighted by atomic mass is 10.0. The molecule has 0 aliphatic rings. The molecule has 1 amide bonds. The number of halogens is 2. The number of carbonyl (C=O) groups excluding carboxylic acids is 1. The van der Waals surface area contributed by atoms with E-state index in [4.69, 9.17) is 0 Å². The largest absolute Gasteiger partial charge is 0.434 e. The third-order valence-electron chi connectivity index (χ3n) is 3.83. The zero-order chi connectivity index (χ0) is 18.2. The van der Waals surface area contributed by atoms with Gasteiger partial charge in [-0.1, -0.05) is 43.3 Å². The smallest absolute Gasteiger partial charge is 0.387 e. The number of anilines is 1. The molecule has 0 bridgehead atoms. The van der Waals surface area contributed by atoms with E-state index in [2.05, 4.69) is 10.1 Å². The van der Waals surface area contributed by atoms with Crippen LogP contribution in [-0.2, 0) is 4.79 Å². The number of benzene rings is 2. The van der Waals surface area contributed by atoms with E-state index >= 15 is 0 Å². The summed E-state index contributed by atoms with van der Waals surface area (Å²) in [5.41, 5.74) is 1.47. The van der Waals surface area contributed by atoms with Crippen LogP contribution < -0.4 is 15.0 Å². The van der Waals surface area contributed by atoms with Crippen molar-refractivity contribution >= 4 is 11.6 Å². The van der Waals surface area contributed by atoms with E-state index in [-0.39, 0.29) is 18.2 Å². The number of nitrogens with zero attached hydrogens (tertiary/aromatic N) is 1. The minimum atomic E-state index is -2.90.